The first-order chi connectivity index (χ1) is 10.5. The molecule has 0 aliphatic rings. The van der Waals surface area contributed by atoms with Crippen molar-refractivity contribution in [1.29, 1.82) is 0 Å². The Morgan fingerprint density at radius 1 is 1.27 bits per heavy atom. The van der Waals surface area contributed by atoms with Gasteiger partial charge in [-0.1, -0.05) is 29.3 Å². The van der Waals surface area contributed by atoms with Gasteiger partial charge in [-0.05, 0) is 24.6 Å². The molecule has 0 saturated heterocycles. The Balaban J connectivity index is 2.18. The van der Waals surface area contributed by atoms with Gasteiger partial charge in [-0.2, -0.15) is 0 Å². The molecule has 0 aliphatic carbocycles. The molecule has 3 aromatic rings. The molecule has 0 radical (unpaired) electrons. The van der Waals surface area contributed by atoms with E-state index in [1.165, 1.54) is 6.33 Å². The molecule has 0 fully saturated rings. The smallest absolute Gasteiger partial charge is 0.346 e. The van der Waals surface area contributed by atoms with Crippen LogP contribution in [0, 0.1) is 6.92 Å². The van der Waals surface area contributed by atoms with Gasteiger partial charge in [0.1, 0.15) is 21.9 Å². The van der Waals surface area contributed by atoms with Crippen molar-refractivity contribution in [2.24, 2.45) is 0 Å². The molecule has 0 aliphatic heterocycles. The molecule has 2 heterocycles. The van der Waals surface area contributed by atoms with Crippen molar-refractivity contribution in [2.45, 2.75) is 6.92 Å². The highest BCUT2D eigenvalue weighted by Gasteiger charge is 2.19. The Bertz CT molecular complexity index is 875. The molecular formula is C14H9Cl2N3O2S. The van der Waals surface area contributed by atoms with Gasteiger partial charge in [0.25, 0.3) is 0 Å². The number of fused-ring (bicyclic) bond motifs is 1. The summed E-state index contributed by atoms with van der Waals surface area (Å²) in [5.41, 5.74) is 1.13. The third-order valence-corrected chi connectivity index (χ3v) is 4.94. The second-order valence-electron chi connectivity index (χ2n) is 4.49. The maximum Gasteiger partial charge on any atom is 0.346 e. The predicted octanol–water partition coefficient (Wildman–Crippen LogP) is 4.75. The van der Waals surface area contributed by atoms with Gasteiger partial charge in [0.2, 0.25) is 0 Å². The fourth-order valence-corrected chi connectivity index (χ4v) is 3.59. The van der Waals surface area contributed by atoms with E-state index in [2.05, 4.69) is 15.3 Å². The van der Waals surface area contributed by atoms with Crippen LogP contribution in [0.1, 0.15) is 15.2 Å². The Kier molecular flexibility index (Phi) is 3.90. The highest BCUT2D eigenvalue weighted by molar-refractivity contribution is 7.20. The molecule has 0 bridgehead atoms. The Morgan fingerprint density at radius 2 is 1.95 bits per heavy atom. The van der Waals surface area contributed by atoms with Crippen molar-refractivity contribution in [3.8, 4) is 0 Å². The molecule has 22 heavy (non-hydrogen) atoms. The summed E-state index contributed by atoms with van der Waals surface area (Å²) in [6.07, 6.45) is 1.37. The van der Waals surface area contributed by atoms with Gasteiger partial charge in [0.05, 0.1) is 21.1 Å². The second-order valence-corrected chi connectivity index (χ2v) is 6.30. The van der Waals surface area contributed by atoms with E-state index < -0.39 is 5.97 Å². The topological polar surface area (TPSA) is 75.1 Å². The normalized spacial score (nSPS) is 10.9. The quantitative estimate of drug-likeness (QED) is 0.710. The molecule has 1 aromatic carbocycles. The van der Waals surface area contributed by atoms with E-state index in [1.54, 1.807) is 25.1 Å². The van der Waals surface area contributed by atoms with Crippen molar-refractivity contribution >= 4 is 62.2 Å². The second kappa shape index (κ2) is 5.72. The number of thiophene rings is 1. The molecule has 5 nitrogen and oxygen atoms in total. The van der Waals surface area contributed by atoms with Gasteiger partial charge in [-0.15, -0.1) is 11.3 Å². The van der Waals surface area contributed by atoms with Gasteiger partial charge >= 0.3 is 5.97 Å². The van der Waals surface area contributed by atoms with Crippen molar-refractivity contribution in [3.05, 3.63) is 45.0 Å². The maximum absolute atomic E-state index is 11.3. The highest BCUT2D eigenvalue weighted by atomic mass is 35.5. The number of aromatic carboxylic acids is 1. The number of aromatic nitrogens is 2. The van der Waals surface area contributed by atoms with E-state index >= 15 is 0 Å². The van der Waals surface area contributed by atoms with Gasteiger partial charge in [0.15, 0.2) is 0 Å². The lowest BCUT2D eigenvalue weighted by atomic mass is 10.2. The van der Waals surface area contributed by atoms with Crippen LogP contribution in [-0.2, 0) is 0 Å². The van der Waals surface area contributed by atoms with Crippen LogP contribution in [0.5, 0.6) is 0 Å². The van der Waals surface area contributed by atoms with Gasteiger partial charge in [-0.3, -0.25) is 0 Å². The number of halogens is 2. The first-order valence-electron chi connectivity index (χ1n) is 6.17. The van der Waals surface area contributed by atoms with E-state index in [0.717, 1.165) is 11.3 Å². The first-order valence-corrected chi connectivity index (χ1v) is 7.74. The van der Waals surface area contributed by atoms with Crippen LogP contribution < -0.4 is 5.32 Å². The third-order valence-electron chi connectivity index (χ3n) is 3.13. The number of hydrogen-bond donors (Lipinski definition) is 2. The van der Waals surface area contributed by atoms with E-state index in [1.807, 2.05) is 0 Å². The van der Waals surface area contributed by atoms with Crippen LogP contribution in [0.3, 0.4) is 0 Å². The van der Waals surface area contributed by atoms with Crippen LogP contribution in [-0.4, -0.2) is 21.0 Å². The summed E-state index contributed by atoms with van der Waals surface area (Å²) in [7, 11) is 0. The Hall–Kier alpha value is -1.89. The number of carbonyl (C=O) groups is 1. The first kappa shape index (κ1) is 15.0. The molecule has 2 aromatic heterocycles. The van der Waals surface area contributed by atoms with Crippen molar-refractivity contribution in [2.75, 3.05) is 5.32 Å². The average molecular weight is 354 g/mol. The van der Waals surface area contributed by atoms with Crippen LogP contribution in [0.15, 0.2) is 24.5 Å². The summed E-state index contributed by atoms with van der Waals surface area (Å²) in [4.78, 5) is 20.4. The molecule has 0 amide bonds. The monoisotopic (exact) mass is 353 g/mol. The summed E-state index contributed by atoms with van der Waals surface area (Å²) < 4.78 is 0. The number of nitrogens with one attached hydrogen (secondary N) is 1. The van der Waals surface area contributed by atoms with E-state index in [9.17, 15) is 9.90 Å². The van der Waals surface area contributed by atoms with Gasteiger partial charge < -0.3 is 10.4 Å². The Labute approximate surface area is 139 Å². The number of nitrogens with zero attached hydrogens (tertiary/aromatic N) is 2. The summed E-state index contributed by atoms with van der Waals surface area (Å²) in [5, 5.41) is 13.9. The standard InChI is InChI=1S/C14H9Cl2N3O2S/c1-6-9-12(19-10-7(15)3-2-4-8(10)16)17-5-18-13(9)22-11(6)14(20)21/h2-5H,1H3,(H,20,21)(H,17,18,19). The van der Waals surface area contributed by atoms with Crippen molar-refractivity contribution in [3.63, 3.8) is 0 Å². The lowest BCUT2D eigenvalue weighted by Gasteiger charge is -2.10. The number of anilines is 2. The Morgan fingerprint density at radius 3 is 2.59 bits per heavy atom. The minimum atomic E-state index is -0.984. The molecular weight excluding hydrogens is 345 g/mol. The van der Waals surface area contributed by atoms with Gasteiger partial charge in [0, 0.05) is 0 Å². The molecule has 0 unspecified atom stereocenters. The summed E-state index contributed by atoms with van der Waals surface area (Å²) in [5.74, 6) is -0.511. The highest BCUT2D eigenvalue weighted by Crippen LogP contribution is 2.37. The minimum absolute atomic E-state index is 0.240. The summed E-state index contributed by atoms with van der Waals surface area (Å²) in [6.45, 7) is 1.73. The molecule has 112 valence electrons. The summed E-state index contributed by atoms with van der Waals surface area (Å²) >= 11 is 13.4. The molecule has 8 heteroatoms. The van der Waals surface area contributed by atoms with E-state index in [-0.39, 0.29) is 4.88 Å². The number of para-hydroxylation sites is 1. The molecule has 0 saturated carbocycles. The SMILES string of the molecule is Cc1c(C(=O)O)sc2ncnc(Nc3c(Cl)cccc3Cl)c12. The van der Waals surface area contributed by atoms with E-state index in [4.69, 9.17) is 23.2 Å². The van der Waals surface area contributed by atoms with Gasteiger partial charge in [-0.25, -0.2) is 14.8 Å². The number of rotatable bonds is 3. The zero-order chi connectivity index (χ0) is 15.9. The zero-order valence-electron chi connectivity index (χ0n) is 11.2. The fraction of sp³-hybridized carbons (Fsp3) is 0.0714. The zero-order valence-corrected chi connectivity index (χ0v) is 13.6. The van der Waals surface area contributed by atoms with Crippen LogP contribution in [0.2, 0.25) is 10.0 Å². The minimum Gasteiger partial charge on any atom is -0.477 e. The molecule has 0 spiro atoms. The number of benzene rings is 1. The predicted molar refractivity (Wildman–Crippen MR) is 88.9 cm³/mol. The number of carboxylic acid groups (broad SMARTS) is 1. The number of hydrogen-bond acceptors (Lipinski definition) is 5. The lowest BCUT2D eigenvalue weighted by Crippen LogP contribution is -1.98. The molecule has 3 rings (SSSR count). The van der Waals surface area contributed by atoms with E-state index in [0.29, 0.717) is 37.3 Å². The average Bonchev–Trinajstić information content (AvgIpc) is 2.81. The number of carboxylic acids is 1. The largest absolute Gasteiger partial charge is 0.477 e. The van der Waals surface area contributed by atoms with Crippen molar-refractivity contribution in [1.82, 2.24) is 9.97 Å². The van der Waals surface area contributed by atoms with Crippen LogP contribution in [0.25, 0.3) is 10.2 Å². The number of aryl methyl sites for hydroxylation is 1. The van der Waals surface area contributed by atoms with Crippen LogP contribution >= 0.6 is 34.5 Å². The lowest BCUT2D eigenvalue weighted by molar-refractivity contribution is 0.0701. The van der Waals surface area contributed by atoms with Crippen molar-refractivity contribution < 1.29 is 9.90 Å². The molecule has 2 N–H and O–H groups in total. The fourth-order valence-electron chi connectivity index (χ4n) is 2.11. The summed E-state index contributed by atoms with van der Waals surface area (Å²) in [6, 6.07) is 5.15. The third kappa shape index (κ3) is 2.49. The molecule has 0 atom stereocenters. The van der Waals surface area contributed by atoms with Crippen LogP contribution in [0.4, 0.5) is 11.5 Å². The maximum atomic E-state index is 11.3.